The molecule has 0 amide bonds. The number of aromatic nitrogens is 2. The maximum absolute atomic E-state index is 4.37. The summed E-state index contributed by atoms with van der Waals surface area (Å²) in [7, 11) is 0. The molecule has 0 aliphatic rings. The number of imidazole rings is 1. The van der Waals surface area contributed by atoms with Gasteiger partial charge in [0.25, 0.3) is 0 Å². The number of anilines is 1. The molecule has 0 bridgehead atoms. The topological polar surface area (TPSA) is 29.9 Å². The molecule has 0 fully saturated rings. The molecule has 102 valence electrons. The number of unbranched alkanes of at least 4 members (excludes halogenated alkanes) is 1. The third-order valence-electron chi connectivity index (χ3n) is 3.25. The Morgan fingerprint density at radius 3 is 3.00 bits per heavy atom. The summed E-state index contributed by atoms with van der Waals surface area (Å²) in [5, 5.41) is 3.42. The summed E-state index contributed by atoms with van der Waals surface area (Å²) in [6.07, 6.45) is 7.35. The standard InChI is InChI=1S/C16H23N3/c1-3-4-11-19-12-10-18-16(19)17-9-8-15-7-5-6-14(2)13-15/h5-7,10,12-13H,3-4,8-9,11H2,1-2H3,(H,17,18). The van der Waals surface area contributed by atoms with Crippen molar-refractivity contribution in [2.45, 2.75) is 39.7 Å². The van der Waals surface area contributed by atoms with Gasteiger partial charge in [-0.1, -0.05) is 43.2 Å². The van der Waals surface area contributed by atoms with Gasteiger partial charge in [0.2, 0.25) is 5.95 Å². The lowest BCUT2D eigenvalue weighted by atomic mass is 10.1. The summed E-state index contributed by atoms with van der Waals surface area (Å²) in [6.45, 7) is 6.31. The van der Waals surface area contributed by atoms with E-state index in [0.29, 0.717) is 0 Å². The van der Waals surface area contributed by atoms with Gasteiger partial charge in [0.05, 0.1) is 0 Å². The highest BCUT2D eigenvalue weighted by Gasteiger charge is 2.01. The lowest BCUT2D eigenvalue weighted by molar-refractivity contribution is 0.635. The predicted octanol–water partition coefficient (Wildman–Crippen LogP) is 3.65. The summed E-state index contributed by atoms with van der Waals surface area (Å²) in [5.41, 5.74) is 2.70. The number of aryl methyl sites for hydroxylation is 2. The van der Waals surface area contributed by atoms with Crippen molar-refractivity contribution in [3.05, 3.63) is 47.8 Å². The molecule has 0 atom stereocenters. The van der Waals surface area contributed by atoms with Gasteiger partial charge in [-0.25, -0.2) is 4.98 Å². The normalized spacial score (nSPS) is 10.6. The number of nitrogens with zero attached hydrogens (tertiary/aromatic N) is 2. The maximum atomic E-state index is 4.37. The van der Waals surface area contributed by atoms with Gasteiger partial charge in [0, 0.05) is 25.5 Å². The van der Waals surface area contributed by atoms with Gasteiger partial charge in [0.15, 0.2) is 0 Å². The third kappa shape index (κ3) is 4.12. The minimum atomic E-state index is 0.923. The first-order valence-corrected chi connectivity index (χ1v) is 7.10. The fourth-order valence-corrected chi connectivity index (χ4v) is 2.17. The van der Waals surface area contributed by atoms with Crippen molar-refractivity contribution in [3.63, 3.8) is 0 Å². The Morgan fingerprint density at radius 2 is 2.21 bits per heavy atom. The Kier molecular flexibility index (Phi) is 5.01. The Labute approximate surface area is 115 Å². The van der Waals surface area contributed by atoms with E-state index in [1.807, 2.05) is 12.4 Å². The second kappa shape index (κ2) is 6.98. The Morgan fingerprint density at radius 1 is 1.32 bits per heavy atom. The average Bonchev–Trinajstić information content (AvgIpc) is 2.84. The van der Waals surface area contributed by atoms with Crippen LogP contribution in [0.15, 0.2) is 36.7 Å². The van der Waals surface area contributed by atoms with Gasteiger partial charge in [-0.15, -0.1) is 0 Å². The molecule has 0 aliphatic carbocycles. The second-order valence-corrected chi connectivity index (χ2v) is 4.96. The Bertz CT molecular complexity index is 502. The molecule has 0 saturated carbocycles. The molecule has 0 aliphatic heterocycles. The zero-order valence-corrected chi connectivity index (χ0v) is 11.9. The third-order valence-corrected chi connectivity index (χ3v) is 3.25. The van der Waals surface area contributed by atoms with Crippen molar-refractivity contribution in [1.82, 2.24) is 9.55 Å². The van der Waals surface area contributed by atoms with Crippen LogP contribution in [-0.4, -0.2) is 16.1 Å². The average molecular weight is 257 g/mol. The van der Waals surface area contributed by atoms with Gasteiger partial charge < -0.3 is 9.88 Å². The van der Waals surface area contributed by atoms with Crippen LogP contribution >= 0.6 is 0 Å². The predicted molar refractivity (Wildman–Crippen MR) is 80.5 cm³/mol. The van der Waals surface area contributed by atoms with E-state index >= 15 is 0 Å². The SMILES string of the molecule is CCCCn1ccnc1NCCc1cccc(C)c1. The molecule has 19 heavy (non-hydrogen) atoms. The van der Waals surface area contributed by atoms with Crippen LogP contribution in [0.5, 0.6) is 0 Å². The smallest absolute Gasteiger partial charge is 0.202 e. The fourth-order valence-electron chi connectivity index (χ4n) is 2.17. The van der Waals surface area contributed by atoms with E-state index in [4.69, 9.17) is 0 Å². The number of nitrogens with one attached hydrogen (secondary N) is 1. The monoisotopic (exact) mass is 257 g/mol. The molecule has 1 heterocycles. The molecule has 2 rings (SSSR count). The summed E-state index contributed by atoms with van der Waals surface area (Å²) < 4.78 is 2.19. The van der Waals surface area contributed by atoms with E-state index in [9.17, 15) is 0 Å². The number of rotatable bonds is 7. The first kappa shape index (κ1) is 13.7. The van der Waals surface area contributed by atoms with E-state index in [2.05, 4.69) is 53.0 Å². The lowest BCUT2D eigenvalue weighted by Crippen LogP contribution is -2.10. The number of hydrogen-bond acceptors (Lipinski definition) is 2. The molecule has 0 spiro atoms. The largest absolute Gasteiger partial charge is 0.355 e. The summed E-state index contributed by atoms with van der Waals surface area (Å²) in [5.74, 6) is 0.987. The van der Waals surface area contributed by atoms with Crippen LogP contribution < -0.4 is 5.32 Å². The molecule has 3 heteroatoms. The van der Waals surface area contributed by atoms with E-state index in [0.717, 1.165) is 25.5 Å². The molecule has 1 aromatic heterocycles. The molecule has 1 N–H and O–H groups in total. The molecule has 3 nitrogen and oxygen atoms in total. The van der Waals surface area contributed by atoms with Crippen molar-refractivity contribution in [2.24, 2.45) is 0 Å². The molecule has 0 radical (unpaired) electrons. The second-order valence-electron chi connectivity index (χ2n) is 4.96. The van der Waals surface area contributed by atoms with Crippen LogP contribution in [0.4, 0.5) is 5.95 Å². The van der Waals surface area contributed by atoms with E-state index in [1.165, 1.54) is 24.0 Å². The zero-order valence-electron chi connectivity index (χ0n) is 11.9. The van der Waals surface area contributed by atoms with Crippen molar-refractivity contribution < 1.29 is 0 Å². The highest BCUT2D eigenvalue weighted by Crippen LogP contribution is 2.08. The van der Waals surface area contributed by atoms with E-state index in [1.54, 1.807) is 0 Å². The molecule has 1 aromatic carbocycles. The highest BCUT2D eigenvalue weighted by atomic mass is 15.2. The first-order valence-electron chi connectivity index (χ1n) is 7.10. The van der Waals surface area contributed by atoms with Crippen molar-refractivity contribution >= 4 is 5.95 Å². The highest BCUT2D eigenvalue weighted by molar-refractivity contribution is 5.28. The van der Waals surface area contributed by atoms with Crippen molar-refractivity contribution in [1.29, 1.82) is 0 Å². The number of benzene rings is 1. The minimum Gasteiger partial charge on any atom is -0.355 e. The maximum Gasteiger partial charge on any atom is 0.202 e. The van der Waals surface area contributed by atoms with E-state index < -0.39 is 0 Å². The van der Waals surface area contributed by atoms with Crippen LogP contribution in [-0.2, 0) is 13.0 Å². The van der Waals surface area contributed by atoms with Gasteiger partial charge in [-0.05, 0) is 25.3 Å². The van der Waals surface area contributed by atoms with Crippen LogP contribution in [0.2, 0.25) is 0 Å². The summed E-state index contributed by atoms with van der Waals surface area (Å²) in [6, 6.07) is 8.67. The van der Waals surface area contributed by atoms with Gasteiger partial charge >= 0.3 is 0 Å². The molecule has 0 saturated heterocycles. The molecular formula is C16H23N3. The van der Waals surface area contributed by atoms with Gasteiger partial charge in [-0.2, -0.15) is 0 Å². The summed E-state index contributed by atoms with van der Waals surface area (Å²) >= 11 is 0. The minimum absolute atomic E-state index is 0.923. The van der Waals surface area contributed by atoms with Crippen LogP contribution in [0.3, 0.4) is 0 Å². The van der Waals surface area contributed by atoms with Crippen molar-refractivity contribution in [3.8, 4) is 0 Å². The first-order chi connectivity index (χ1) is 9.29. The number of hydrogen-bond donors (Lipinski definition) is 1. The van der Waals surface area contributed by atoms with Gasteiger partial charge in [-0.3, -0.25) is 0 Å². The Balaban J connectivity index is 1.84. The Hall–Kier alpha value is -1.77. The van der Waals surface area contributed by atoms with Crippen LogP contribution in [0.25, 0.3) is 0 Å². The van der Waals surface area contributed by atoms with E-state index in [-0.39, 0.29) is 0 Å². The molecule has 0 unspecified atom stereocenters. The van der Waals surface area contributed by atoms with Crippen molar-refractivity contribution in [2.75, 3.05) is 11.9 Å². The zero-order chi connectivity index (χ0) is 13.5. The molecular weight excluding hydrogens is 234 g/mol. The lowest BCUT2D eigenvalue weighted by Gasteiger charge is -2.09. The quantitative estimate of drug-likeness (QED) is 0.820. The fraction of sp³-hybridized carbons (Fsp3) is 0.438. The van der Waals surface area contributed by atoms with Crippen LogP contribution in [0.1, 0.15) is 30.9 Å². The van der Waals surface area contributed by atoms with Crippen LogP contribution in [0, 0.1) is 6.92 Å². The summed E-state index contributed by atoms with van der Waals surface area (Å²) in [4.78, 5) is 4.37. The van der Waals surface area contributed by atoms with Gasteiger partial charge in [0.1, 0.15) is 0 Å². The molecule has 2 aromatic rings.